The van der Waals surface area contributed by atoms with Crippen molar-refractivity contribution in [3.05, 3.63) is 236 Å². The quantitative estimate of drug-likeness (QED) is 0.223. The predicted molar refractivity (Wildman–Crippen MR) is 331 cm³/mol. The molecule has 352 valence electrons. The molecule has 0 bridgehead atoms. The van der Waals surface area contributed by atoms with Gasteiger partial charge >= 0.3 is 461 Å². The molecule has 8 aliphatic rings. The van der Waals surface area contributed by atoms with Crippen molar-refractivity contribution < 1.29 is 0 Å². The zero-order valence-electron chi connectivity index (χ0n) is 42.4. The van der Waals surface area contributed by atoms with E-state index >= 15 is 0 Å². The molecule has 19 rings (SSSR count). The Morgan fingerprint density at radius 3 is 1.23 bits per heavy atom. The number of nitrogens with zero attached hydrogens (tertiary/aromatic N) is 4. The number of rotatable bonds is 4. The Morgan fingerprint density at radius 2 is 0.701 bits per heavy atom. The first-order valence-electron chi connectivity index (χ1n) is 27.3. The average molecular weight is 1170 g/mol. The number of aryl methyl sites for hydroxylation is 2. The van der Waals surface area contributed by atoms with Gasteiger partial charge in [-0.25, -0.2) is 0 Å². The van der Waals surface area contributed by atoms with E-state index in [9.17, 15) is 0 Å². The van der Waals surface area contributed by atoms with Gasteiger partial charge in [0, 0.05) is 0 Å². The summed E-state index contributed by atoms with van der Waals surface area (Å²) in [4.78, 5) is 10.9. The molecular formula is C68H43B4BiN4. The van der Waals surface area contributed by atoms with Crippen LogP contribution in [0.1, 0.15) is 11.1 Å². The third-order valence-electron chi connectivity index (χ3n) is 18.8. The van der Waals surface area contributed by atoms with Gasteiger partial charge in [0.15, 0.2) is 0 Å². The first-order valence-corrected chi connectivity index (χ1v) is 32.6. The third-order valence-corrected chi connectivity index (χ3v) is 28.7. The SMILES string of the molecule is Cc1cccc(C)c1B1c2ccc[c]3c2N2c4c1ccc1c4B(c4ccccc4N1c1ccccc1)c1cc4c5[c](c12)[Bi]3[c]1cccc2c1N5c1c(ccc3c1B4c1ccccc1N3c1ccccc1)B2c1ccccc1. The monoisotopic (exact) mass is 1170 g/mol. The minimum absolute atomic E-state index is 0.00333. The maximum absolute atomic E-state index is 3.37. The fourth-order valence-electron chi connectivity index (χ4n) is 16.1. The zero-order valence-corrected chi connectivity index (χ0v) is 45.9. The van der Waals surface area contributed by atoms with E-state index in [4.69, 9.17) is 0 Å². The number of hydrogen-bond donors (Lipinski definition) is 0. The fourth-order valence-corrected chi connectivity index (χ4v) is 27.7. The van der Waals surface area contributed by atoms with Crippen LogP contribution in [0.4, 0.5) is 68.2 Å². The van der Waals surface area contributed by atoms with Gasteiger partial charge < -0.3 is 0 Å². The van der Waals surface area contributed by atoms with E-state index in [-0.39, 0.29) is 26.9 Å². The number of anilines is 12. The van der Waals surface area contributed by atoms with Crippen LogP contribution >= 0.6 is 0 Å². The van der Waals surface area contributed by atoms with E-state index in [0.717, 1.165) is 0 Å². The van der Waals surface area contributed by atoms with E-state index in [1.54, 1.807) is 9.81 Å². The standard InChI is InChI=1S/C68H43B4N4.Bi/c1-43-21-20-22-44(2)64(43)70-51-32-15-19-36-59(51)76-63-42-62-54(41-55(63)72-50-31-14-17-34-57(50)74(47-27-10-5-11-28-47)61-40-38-53(70)68(76)66(61)72)71-49-30-13-16-33-56(49)73(46-25-8-4-9-26-46)60-39-37-52-67(65(60)71)75(62)58-35-18-12-29-48(58)69(52)45-23-6-3-7-24-45;/h3-34,37-41H,1-2H3;. The molecule has 0 radical (unpaired) electrons. The second-order valence-corrected chi connectivity index (χ2v) is 30.4. The topological polar surface area (TPSA) is 13.0 Å². The normalized spacial score (nSPS) is 15.1. The Balaban J connectivity index is 1.00. The molecule has 0 aromatic heterocycles. The summed E-state index contributed by atoms with van der Waals surface area (Å²) in [7, 11) is 0. The van der Waals surface area contributed by atoms with Crippen LogP contribution in [0.15, 0.2) is 224 Å². The maximum atomic E-state index is 2.87. The molecule has 0 N–H and O–H groups in total. The number of fused-ring (bicyclic) bond motifs is 8. The molecule has 0 saturated carbocycles. The third kappa shape index (κ3) is 5.01. The van der Waals surface area contributed by atoms with Crippen molar-refractivity contribution in [2.24, 2.45) is 0 Å². The van der Waals surface area contributed by atoms with Crippen molar-refractivity contribution in [2.75, 3.05) is 19.6 Å². The predicted octanol–water partition coefficient (Wildman–Crippen LogP) is 5.27. The Morgan fingerprint density at radius 1 is 0.286 bits per heavy atom. The molecule has 0 amide bonds. The molecule has 11 aromatic rings. The van der Waals surface area contributed by atoms with Gasteiger partial charge in [-0.05, 0) is 0 Å². The second kappa shape index (κ2) is 14.8. The minimum atomic E-state index is -3.37. The van der Waals surface area contributed by atoms with Gasteiger partial charge in [0.1, 0.15) is 0 Å². The Bertz CT molecular complexity index is 4490. The number of benzene rings is 11. The molecule has 0 spiro atoms. The van der Waals surface area contributed by atoms with Crippen LogP contribution in [-0.2, 0) is 0 Å². The van der Waals surface area contributed by atoms with Crippen molar-refractivity contribution in [2.45, 2.75) is 13.8 Å². The van der Waals surface area contributed by atoms with E-state index in [2.05, 4.69) is 258 Å². The Hall–Kier alpha value is -8.24. The summed E-state index contributed by atoms with van der Waals surface area (Å²) in [5.41, 5.74) is 35.8. The fraction of sp³-hybridized carbons (Fsp3) is 0.0294. The van der Waals surface area contributed by atoms with Crippen LogP contribution in [0.2, 0.25) is 0 Å². The van der Waals surface area contributed by atoms with E-state index in [1.807, 2.05) is 0 Å². The molecule has 0 saturated heterocycles. The van der Waals surface area contributed by atoms with E-state index < -0.39 is 21.8 Å². The van der Waals surface area contributed by atoms with Gasteiger partial charge in [0.05, 0.1) is 0 Å². The molecule has 11 aromatic carbocycles. The molecule has 0 atom stereocenters. The van der Waals surface area contributed by atoms with Gasteiger partial charge in [-0.3, -0.25) is 0 Å². The van der Waals surface area contributed by atoms with Gasteiger partial charge in [-0.15, -0.1) is 0 Å². The van der Waals surface area contributed by atoms with Crippen LogP contribution in [-0.4, -0.2) is 48.6 Å². The Kier molecular flexibility index (Phi) is 8.07. The van der Waals surface area contributed by atoms with Crippen LogP contribution < -0.4 is 95.0 Å². The molecule has 0 aliphatic carbocycles. The molecule has 0 unspecified atom stereocenters. The van der Waals surface area contributed by atoms with Crippen molar-refractivity contribution in [3.63, 3.8) is 0 Å². The average Bonchev–Trinajstić information content (AvgIpc) is 3.47. The summed E-state index contributed by atoms with van der Waals surface area (Å²) < 4.78 is 4.86. The van der Waals surface area contributed by atoms with Gasteiger partial charge in [0.25, 0.3) is 0 Å². The first kappa shape index (κ1) is 41.9. The summed E-state index contributed by atoms with van der Waals surface area (Å²) >= 11 is -3.37. The van der Waals surface area contributed by atoms with Crippen LogP contribution in [0.5, 0.6) is 0 Å². The zero-order chi connectivity index (χ0) is 50.1. The summed E-state index contributed by atoms with van der Waals surface area (Å²) in [6.07, 6.45) is 0. The molecule has 77 heavy (non-hydrogen) atoms. The molecule has 0 fully saturated rings. The van der Waals surface area contributed by atoms with Crippen LogP contribution in [0, 0.1) is 13.8 Å². The second-order valence-electron chi connectivity index (χ2n) is 22.3. The van der Waals surface area contributed by atoms with E-state index in [0.29, 0.717) is 0 Å². The van der Waals surface area contributed by atoms with Crippen molar-refractivity contribution in [1.29, 1.82) is 0 Å². The van der Waals surface area contributed by atoms with Gasteiger partial charge in [0.2, 0.25) is 0 Å². The van der Waals surface area contributed by atoms with Crippen molar-refractivity contribution in [3.8, 4) is 0 Å². The van der Waals surface area contributed by atoms with E-state index in [1.165, 1.54) is 145 Å². The molecule has 9 heteroatoms. The summed E-state index contributed by atoms with van der Waals surface area (Å²) in [5, 5.41) is 0. The van der Waals surface area contributed by atoms with Crippen molar-refractivity contribution in [1.82, 2.24) is 0 Å². The van der Waals surface area contributed by atoms with Crippen molar-refractivity contribution >= 4 is 192 Å². The molecule has 8 aliphatic heterocycles. The Labute approximate surface area is 457 Å². The number of para-hydroxylation sites is 6. The van der Waals surface area contributed by atoms with Crippen LogP contribution in [0.3, 0.4) is 0 Å². The van der Waals surface area contributed by atoms with Crippen LogP contribution in [0.25, 0.3) is 0 Å². The summed E-state index contributed by atoms with van der Waals surface area (Å²) in [5.74, 6) is 0. The van der Waals surface area contributed by atoms with Gasteiger partial charge in [-0.2, -0.15) is 0 Å². The molecule has 4 nitrogen and oxygen atoms in total. The first-order chi connectivity index (χ1) is 38.1. The molecule has 8 heterocycles. The summed E-state index contributed by atoms with van der Waals surface area (Å²) in [6, 6.07) is 87.2. The number of hydrogen-bond acceptors (Lipinski definition) is 4. The van der Waals surface area contributed by atoms with Gasteiger partial charge in [-0.1, -0.05) is 0 Å². The summed E-state index contributed by atoms with van der Waals surface area (Å²) in [6.45, 7) is 4.85. The molecular weight excluding hydrogens is 1130 g/mol.